The molecule has 1 aliphatic rings. The van der Waals surface area contributed by atoms with Crippen molar-refractivity contribution in [3.8, 4) is 11.5 Å². The van der Waals surface area contributed by atoms with Crippen molar-refractivity contribution in [3.05, 3.63) is 53.6 Å². The van der Waals surface area contributed by atoms with Crippen LogP contribution in [0.2, 0.25) is 0 Å². The number of hydrogen-bond donors (Lipinski definition) is 2. The number of hydrazine groups is 1. The molecule has 30 heavy (non-hydrogen) atoms. The summed E-state index contributed by atoms with van der Waals surface area (Å²) in [5.41, 5.74) is 5.84. The molecule has 1 saturated carbocycles. The third-order valence-electron chi connectivity index (χ3n) is 5.16. The maximum Gasteiger partial charge on any atom is 0.267 e. The van der Waals surface area contributed by atoms with Crippen LogP contribution >= 0.6 is 12.4 Å². The van der Waals surface area contributed by atoms with E-state index in [-0.39, 0.29) is 24.4 Å². The third kappa shape index (κ3) is 6.28. The minimum Gasteiger partial charge on any atom is -0.493 e. The SMILES string of the molecule is CCNc1ccc(C(=O)N(C)NCc2ccc(OC)c(OC3CCCC3)c2)cc1.Cl. The summed E-state index contributed by atoms with van der Waals surface area (Å²) < 4.78 is 11.6. The molecular weight excluding hydrogens is 402 g/mol. The summed E-state index contributed by atoms with van der Waals surface area (Å²) in [7, 11) is 3.39. The molecule has 6 nitrogen and oxygen atoms in total. The van der Waals surface area contributed by atoms with Crippen LogP contribution in [0.3, 0.4) is 0 Å². The van der Waals surface area contributed by atoms with Gasteiger partial charge in [0.25, 0.3) is 5.91 Å². The van der Waals surface area contributed by atoms with Gasteiger partial charge in [-0.05, 0) is 74.6 Å². The van der Waals surface area contributed by atoms with E-state index in [1.807, 2.05) is 49.4 Å². The minimum absolute atomic E-state index is 0. The zero-order valence-corrected chi connectivity index (χ0v) is 18.8. The van der Waals surface area contributed by atoms with Crippen LogP contribution in [0, 0.1) is 0 Å². The Kier molecular flexibility index (Phi) is 9.27. The number of anilines is 1. The van der Waals surface area contributed by atoms with Gasteiger partial charge in [-0.3, -0.25) is 9.80 Å². The van der Waals surface area contributed by atoms with Gasteiger partial charge in [-0.25, -0.2) is 5.43 Å². The van der Waals surface area contributed by atoms with Crippen LogP contribution in [0.25, 0.3) is 0 Å². The second-order valence-electron chi connectivity index (χ2n) is 7.32. The molecular formula is C23H32ClN3O3. The fourth-order valence-electron chi connectivity index (χ4n) is 3.52. The molecule has 0 saturated heterocycles. The Hall–Kier alpha value is -2.44. The molecule has 0 bridgehead atoms. The Morgan fingerprint density at radius 3 is 2.43 bits per heavy atom. The Bertz CT molecular complexity index is 808. The van der Waals surface area contributed by atoms with E-state index in [0.717, 1.165) is 42.1 Å². The summed E-state index contributed by atoms with van der Waals surface area (Å²) in [5, 5.41) is 4.74. The molecule has 0 aromatic heterocycles. The molecule has 1 aliphatic carbocycles. The monoisotopic (exact) mass is 433 g/mol. The van der Waals surface area contributed by atoms with Crippen molar-refractivity contribution in [2.45, 2.75) is 45.3 Å². The zero-order chi connectivity index (χ0) is 20.6. The van der Waals surface area contributed by atoms with Crippen molar-refractivity contribution in [3.63, 3.8) is 0 Å². The van der Waals surface area contributed by atoms with E-state index in [0.29, 0.717) is 12.1 Å². The molecule has 2 aromatic carbocycles. The highest BCUT2D eigenvalue weighted by atomic mass is 35.5. The van der Waals surface area contributed by atoms with Crippen LogP contribution in [0.1, 0.15) is 48.5 Å². The Morgan fingerprint density at radius 1 is 1.10 bits per heavy atom. The van der Waals surface area contributed by atoms with E-state index in [9.17, 15) is 4.79 Å². The highest BCUT2D eigenvalue weighted by Gasteiger charge is 2.19. The molecule has 0 spiro atoms. The van der Waals surface area contributed by atoms with Crippen molar-refractivity contribution < 1.29 is 14.3 Å². The highest BCUT2D eigenvalue weighted by Crippen LogP contribution is 2.32. The van der Waals surface area contributed by atoms with Gasteiger partial charge in [-0.1, -0.05) is 6.07 Å². The number of carbonyl (C=O) groups is 1. The molecule has 1 fully saturated rings. The Balaban J connectivity index is 0.00000320. The van der Waals surface area contributed by atoms with Gasteiger partial charge in [-0.15, -0.1) is 12.4 Å². The molecule has 7 heteroatoms. The average molecular weight is 434 g/mol. The summed E-state index contributed by atoms with van der Waals surface area (Å²) in [6, 6.07) is 13.4. The number of hydrogen-bond acceptors (Lipinski definition) is 5. The highest BCUT2D eigenvalue weighted by molar-refractivity contribution is 5.94. The van der Waals surface area contributed by atoms with E-state index in [4.69, 9.17) is 9.47 Å². The van der Waals surface area contributed by atoms with E-state index in [1.165, 1.54) is 17.9 Å². The topological polar surface area (TPSA) is 62.8 Å². The van der Waals surface area contributed by atoms with Gasteiger partial charge in [0.15, 0.2) is 11.5 Å². The standard InChI is InChI=1S/C23H31N3O3.ClH/c1-4-24-19-12-10-18(11-13-19)23(27)26(2)25-16-17-9-14-21(28-3)22(15-17)29-20-7-5-6-8-20;/h9-15,20,24-25H,4-8,16H2,1-3H3;1H. The maximum absolute atomic E-state index is 12.6. The quantitative estimate of drug-likeness (QED) is 0.564. The number of halogens is 1. The van der Waals surface area contributed by atoms with Crippen LogP contribution in [0.4, 0.5) is 5.69 Å². The van der Waals surface area contributed by atoms with Crippen molar-refractivity contribution >= 4 is 24.0 Å². The summed E-state index contributed by atoms with van der Waals surface area (Å²) in [4.78, 5) is 12.6. The molecule has 164 valence electrons. The van der Waals surface area contributed by atoms with Crippen LogP contribution in [0.5, 0.6) is 11.5 Å². The number of rotatable bonds is 9. The van der Waals surface area contributed by atoms with E-state index in [1.54, 1.807) is 14.2 Å². The summed E-state index contributed by atoms with van der Waals surface area (Å²) in [6.07, 6.45) is 4.89. The van der Waals surface area contributed by atoms with E-state index in [2.05, 4.69) is 10.7 Å². The molecule has 2 N–H and O–H groups in total. The van der Waals surface area contributed by atoms with Crippen LogP contribution in [-0.4, -0.2) is 37.7 Å². The largest absolute Gasteiger partial charge is 0.493 e. The second-order valence-corrected chi connectivity index (χ2v) is 7.32. The van der Waals surface area contributed by atoms with Gasteiger partial charge in [-0.2, -0.15) is 0 Å². The van der Waals surface area contributed by atoms with Gasteiger partial charge in [0.1, 0.15) is 0 Å². The summed E-state index contributed by atoms with van der Waals surface area (Å²) >= 11 is 0. The maximum atomic E-state index is 12.6. The third-order valence-corrected chi connectivity index (χ3v) is 5.16. The number of methoxy groups -OCH3 is 1. The lowest BCUT2D eigenvalue weighted by atomic mass is 10.2. The lowest BCUT2D eigenvalue weighted by molar-refractivity contribution is 0.0712. The van der Waals surface area contributed by atoms with Crippen molar-refractivity contribution in [2.75, 3.05) is 26.0 Å². The van der Waals surface area contributed by atoms with Gasteiger partial charge in [0.05, 0.1) is 13.2 Å². The van der Waals surface area contributed by atoms with Crippen LogP contribution in [0.15, 0.2) is 42.5 Å². The first-order valence-electron chi connectivity index (χ1n) is 10.3. The van der Waals surface area contributed by atoms with Crippen molar-refractivity contribution in [2.24, 2.45) is 0 Å². The van der Waals surface area contributed by atoms with E-state index < -0.39 is 0 Å². The molecule has 0 aliphatic heterocycles. The zero-order valence-electron chi connectivity index (χ0n) is 17.9. The van der Waals surface area contributed by atoms with Crippen molar-refractivity contribution in [1.82, 2.24) is 10.4 Å². The first-order valence-corrected chi connectivity index (χ1v) is 10.3. The molecule has 1 amide bonds. The van der Waals surface area contributed by atoms with Crippen molar-refractivity contribution in [1.29, 1.82) is 0 Å². The molecule has 0 radical (unpaired) electrons. The molecule has 3 rings (SSSR count). The molecule has 0 unspecified atom stereocenters. The van der Waals surface area contributed by atoms with Gasteiger partial charge < -0.3 is 14.8 Å². The van der Waals surface area contributed by atoms with E-state index >= 15 is 0 Å². The average Bonchev–Trinajstić information content (AvgIpc) is 3.25. The number of amides is 1. The number of ether oxygens (including phenoxy) is 2. The minimum atomic E-state index is -0.0796. The molecule has 0 atom stereocenters. The van der Waals surface area contributed by atoms with Gasteiger partial charge in [0, 0.05) is 31.4 Å². The first kappa shape index (κ1) is 23.8. The predicted molar refractivity (Wildman–Crippen MR) is 123 cm³/mol. The first-order chi connectivity index (χ1) is 14.1. The van der Waals surface area contributed by atoms with Crippen LogP contribution < -0.4 is 20.2 Å². The Labute approximate surface area is 185 Å². The lowest BCUT2D eigenvalue weighted by Crippen LogP contribution is -2.39. The number of benzene rings is 2. The number of carbonyl (C=O) groups excluding carboxylic acids is 1. The summed E-state index contributed by atoms with van der Waals surface area (Å²) in [6.45, 7) is 3.41. The fourth-order valence-corrected chi connectivity index (χ4v) is 3.52. The predicted octanol–water partition coefficient (Wildman–Crippen LogP) is 4.65. The smallest absolute Gasteiger partial charge is 0.267 e. The van der Waals surface area contributed by atoms with Gasteiger partial charge in [0.2, 0.25) is 0 Å². The Morgan fingerprint density at radius 2 is 1.80 bits per heavy atom. The molecule has 2 aromatic rings. The summed E-state index contributed by atoms with van der Waals surface area (Å²) in [5.74, 6) is 1.43. The number of nitrogens with one attached hydrogen (secondary N) is 2. The molecule has 0 heterocycles. The van der Waals surface area contributed by atoms with Crippen LogP contribution in [-0.2, 0) is 6.54 Å². The normalized spacial score (nSPS) is 13.4. The second kappa shape index (κ2) is 11.7. The lowest BCUT2D eigenvalue weighted by Gasteiger charge is -2.20. The fraction of sp³-hybridized carbons (Fsp3) is 0.435. The number of nitrogens with zero attached hydrogens (tertiary/aromatic N) is 1. The van der Waals surface area contributed by atoms with Gasteiger partial charge >= 0.3 is 0 Å².